The average Bonchev–Trinajstić information content (AvgIpc) is 2.29. The van der Waals surface area contributed by atoms with E-state index < -0.39 is 28.3 Å². The van der Waals surface area contributed by atoms with Crippen LogP contribution in [0.1, 0.15) is 11.7 Å². The third-order valence-electron chi connectivity index (χ3n) is 2.52. The molecular weight excluding hydrogens is 234 g/mol. The molecule has 1 aliphatic heterocycles. The molecule has 1 fully saturated rings. The summed E-state index contributed by atoms with van der Waals surface area (Å²) in [4.78, 5) is 9.58. The Morgan fingerprint density at radius 3 is 2.53 bits per heavy atom. The number of rotatable bonds is 2. The molecule has 0 amide bonds. The highest BCUT2D eigenvalue weighted by Gasteiger charge is 2.25. The summed E-state index contributed by atoms with van der Waals surface area (Å²) in [7, 11) is 0. The SMILES string of the molecule is O=[N+]([O-])c1cc(F)c(C2CNCCO2)c(F)c1. The quantitative estimate of drug-likeness (QED) is 0.633. The zero-order valence-corrected chi connectivity index (χ0v) is 8.78. The fourth-order valence-corrected chi connectivity index (χ4v) is 1.73. The van der Waals surface area contributed by atoms with Crippen LogP contribution in [0, 0.1) is 21.7 Å². The number of nitro benzene ring substituents is 1. The molecule has 1 atom stereocenters. The van der Waals surface area contributed by atoms with Crippen LogP contribution in [-0.2, 0) is 4.74 Å². The molecule has 5 nitrogen and oxygen atoms in total. The first kappa shape index (κ1) is 11.9. The van der Waals surface area contributed by atoms with Crippen molar-refractivity contribution >= 4 is 5.69 Å². The molecule has 7 heteroatoms. The van der Waals surface area contributed by atoms with Gasteiger partial charge in [0.05, 0.1) is 29.2 Å². The first-order valence-electron chi connectivity index (χ1n) is 5.05. The van der Waals surface area contributed by atoms with Gasteiger partial charge in [-0.3, -0.25) is 10.1 Å². The van der Waals surface area contributed by atoms with Gasteiger partial charge < -0.3 is 10.1 Å². The van der Waals surface area contributed by atoms with Crippen molar-refractivity contribution < 1.29 is 18.4 Å². The van der Waals surface area contributed by atoms with Crippen LogP contribution in [0.3, 0.4) is 0 Å². The predicted octanol–water partition coefficient (Wildman–Crippen LogP) is 1.53. The van der Waals surface area contributed by atoms with Crippen molar-refractivity contribution in [3.63, 3.8) is 0 Å². The summed E-state index contributed by atoms with van der Waals surface area (Å²) in [6.07, 6.45) is -0.746. The standard InChI is InChI=1S/C10H10F2N2O3/c11-7-3-6(14(15)16)4-8(12)10(7)9-5-13-1-2-17-9/h3-4,9,13H,1-2,5H2. The fraction of sp³-hybridized carbons (Fsp3) is 0.400. The topological polar surface area (TPSA) is 64.4 Å². The summed E-state index contributed by atoms with van der Waals surface area (Å²) in [6, 6.07) is 1.41. The van der Waals surface area contributed by atoms with Crippen LogP contribution < -0.4 is 5.32 Å². The van der Waals surface area contributed by atoms with Crippen LogP contribution in [0.5, 0.6) is 0 Å². The van der Waals surface area contributed by atoms with Gasteiger partial charge in [0.25, 0.3) is 5.69 Å². The molecule has 0 radical (unpaired) electrons. The van der Waals surface area contributed by atoms with Gasteiger partial charge in [0, 0.05) is 13.1 Å². The van der Waals surface area contributed by atoms with Crippen molar-refractivity contribution in [2.75, 3.05) is 19.7 Å². The minimum absolute atomic E-state index is 0.261. The third kappa shape index (κ3) is 2.40. The number of ether oxygens (including phenoxy) is 1. The van der Waals surface area contributed by atoms with E-state index in [0.717, 1.165) is 0 Å². The first-order chi connectivity index (χ1) is 8.09. The third-order valence-corrected chi connectivity index (χ3v) is 2.52. The number of morpholine rings is 1. The smallest absolute Gasteiger partial charge is 0.275 e. The fourth-order valence-electron chi connectivity index (χ4n) is 1.73. The molecule has 1 aromatic carbocycles. The van der Waals surface area contributed by atoms with Crippen LogP contribution in [0.15, 0.2) is 12.1 Å². The van der Waals surface area contributed by atoms with Gasteiger partial charge in [0.2, 0.25) is 0 Å². The predicted molar refractivity (Wildman–Crippen MR) is 54.6 cm³/mol. The van der Waals surface area contributed by atoms with E-state index >= 15 is 0 Å². The van der Waals surface area contributed by atoms with Crippen molar-refractivity contribution in [3.8, 4) is 0 Å². The Morgan fingerprint density at radius 1 is 1.41 bits per heavy atom. The van der Waals surface area contributed by atoms with Crippen LogP contribution in [0.25, 0.3) is 0 Å². The van der Waals surface area contributed by atoms with E-state index in [4.69, 9.17) is 4.74 Å². The second kappa shape index (κ2) is 4.72. The molecule has 17 heavy (non-hydrogen) atoms. The van der Waals surface area contributed by atoms with Crippen LogP contribution in [-0.4, -0.2) is 24.6 Å². The Morgan fingerprint density at radius 2 is 2.06 bits per heavy atom. The summed E-state index contributed by atoms with van der Waals surface area (Å²) >= 11 is 0. The molecule has 92 valence electrons. The number of benzene rings is 1. The highest BCUT2D eigenvalue weighted by atomic mass is 19.1. The van der Waals surface area contributed by atoms with Crippen molar-refractivity contribution in [1.82, 2.24) is 5.32 Å². The number of hydrogen-bond donors (Lipinski definition) is 1. The number of hydrogen-bond acceptors (Lipinski definition) is 4. The lowest BCUT2D eigenvalue weighted by Crippen LogP contribution is -2.34. The maximum Gasteiger partial charge on any atom is 0.275 e. The van der Waals surface area contributed by atoms with E-state index in [1.807, 2.05) is 0 Å². The maximum absolute atomic E-state index is 13.6. The normalized spacial score (nSPS) is 20.2. The number of nitro groups is 1. The Labute approximate surface area is 95.5 Å². The van der Waals surface area contributed by atoms with Crippen molar-refractivity contribution in [2.24, 2.45) is 0 Å². The lowest BCUT2D eigenvalue weighted by atomic mass is 10.1. The number of nitrogens with one attached hydrogen (secondary N) is 1. The van der Waals surface area contributed by atoms with Crippen molar-refractivity contribution in [2.45, 2.75) is 6.10 Å². The van der Waals surface area contributed by atoms with Gasteiger partial charge in [0.1, 0.15) is 17.7 Å². The van der Waals surface area contributed by atoms with Gasteiger partial charge in [-0.05, 0) is 0 Å². The van der Waals surface area contributed by atoms with Crippen molar-refractivity contribution in [3.05, 3.63) is 39.4 Å². The summed E-state index contributed by atoms with van der Waals surface area (Å²) < 4.78 is 32.4. The average molecular weight is 244 g/mol. The zero-order chi connectivity index (χ0) is 12.4. The van der Waals surface area contributed by atoms with Gasteiger partial charge in [-0.25, -0.2) is 8.78 Å². The molecule has 1 N–H and O–H groups in total. The van der Waals surface area contributed by atoms with E-state index in [2.05, 4.69) is 5.32 Å². The summed E-state index contributed by atoms with van der Waals surface area (Å²) in [5.41, 5.74) is -0.865. The molecule has 2 rings (SSSR count). The first-order valence-corrected chi connectivity index (χ1v) is 5.05. The second-order valence-electron chi connectivity index (χ2n) is 3.64. The minimum Gasteiger partial charge on any atom is -0.371 e. The Kier molecular flexibility index (Phi) is 3.30. The van der Waals surface area contributed by atoms with Gasteiger partial charge in [-0.1, -0.05) is 0 Å². The molecule has 0 aliphatic carbocycles. The molecule has 0 saturated carbocycles. The van der Waals surface area contributed by atoms with E-state index in [1.165, 1.54) is 0 Å². The molecular formula is C10H10F2N2O3. The molecule has 0 aromatic heterocycles. The molecule has 1 saturated heterocycles. The molecule has 1 aromatic rings. The minimum atomic E-state index is -0.953. The van der Waals surface area contributed by atoms with Gasteiger partial charge >= 0.3 is 0 Å². The number of halogens is 2. The summed E-state index contributed by atoms with van der Waals surface area (Å²) in [5, 5.41) is 13.4. The molecule has 0 bridgehead atoms. The van der Waals surface area contributed by atoms with E-state index in [9.17, 15) is 18.9 Å². The monoisotopic (exact) mass is 244 g/mol. The van der Waals surface area contributed by atoms with Crippen LogP contribution in [0.4, 0.5) is 14.5 Å². The molecule has 0 spiro atoms. The summed E-state index contributed by atoms with van der Waals surface area (Å²) in [6.45, 7) is 1.25. The Bertz CT molecular complexity index is 424. The lowest BCUT2D eigenvalue weighted by Gasteiger charge is -2.24. The second-order valence-corrected chi connectivity index (χ2v) is 3.64. The van der Waals surface area contributed by atoms with Crippen LogP contribution >= 0.6 is 0 Å². The number of non-ortho nitro benzene ring substituents is 1. The molecule has 1 aliphatic rings. The van der Waals surface area contributed by atoms with Gasteiger partial charge in [0.15, 0.2) is 0 Å². The largest absolute Gasteiger partial charge is 0.371 e. The maximum atomic E-state index is 13.6. The summed E-state index contributed by atoms with van der Waals surface area (Å²) in [5.74, 6) is -1.91. The Hall–Kier alpha value is -1.60. The van der Waals surface area contributed by atoms with E-state index in [0.29, 0.717) is 25.3 Å². The zero-order valence-electron chi connectivity index (χ0n) is 8.78. The highest BCUT2D eigenvalue weighted by Crippen LogP contribution is 2.28. The van der Waals surface area contributed by atoms with E-state index in [-0.39, 0.29) is 12.1 Å². The lowest BCUT2D eigenvalue weighted by molar-refractivity contribution is -0.385. The molecule has 1 unspecified atom stereocenters. The van der Waals surface area contributed by atoms with Crippen LogP contribution in [0.2, 0.25) is 0 Å². The Balaban J connectivity index is 2.37. The highest BCUT2D eigenvalue weighted by molar-refractivity contribution is 5.36. The number of nitrogens with zero attached hydrogens (tertiary/aromatic N) is 1. The molecule has 1 heterocycles. The van der Waals surface area contributed by atoms with Gasteiger partial charge in [-0.2, -0.15) is 0 Å². The van der Waals surface area contributed by atoms with E-state index in [1.54, 1.807) is 0 Å². The van der Waals surface area contributed by atoms with Crippen molar-refractivity contribution in [1.29, 1.82) is 0 Å². The van der Waals surface area contributed by atoms with Gasteiger partial charge in [-0.15, -0.1) is 0 Å².